The molecule has 0 bridgehead atoms. The lowest BCUT2D eigenvalue weighted by molar-refractivity contribution is -0.139. The van der Waals surface area contributed by atoms with Crippen molar-refractivity contribution in [2.45, 2.75) is 6.42 Å². The molecule has 12 heteroatoms. The van der Waals surface area contributed by atoms with Crippen LogP contribution in [0.15, 0.2) is 30.4 Å². The zero-order valence-corrected chi connectivity index (χ0v) is 21.1. The summed E-state index contributed by atoms with van der Waals surface area (Å²) in [5, 5.41) is 10.6. The molecule has 1 aliphatic heterocycles. The molecular formula is C25H34N2O10. The van der Waals surface area contributed by atoms with Gasteiger partial charge in [-0.15, -0.1) is 0 Å². The number of methoxy groups -OCH3 is 2. The highest BCUT2D eigenvalue weighted by molar-refractivity contribution is 6.06. The second-order valence-electron chi connectivity index (χ2n) is 7.52. The van der Waals surface area contributed by atoms with Gasteiger partial charge in [0.15, 0.2) is 11.5 Å². The number of rotatable bonds is 17. The zero-order chi connectivity index (χ0) is 26.9. The van der Waals surface area contributed by atoms with Crippen molar-refractivity contribution >= 4 is 24.0 Å². The van der Waals surface area contributed by atoms with E-state index in [2.05, 4.69) is 5.32 Å². The number of hydrogen-bond donors (Lipinski definition) is 2. The third kappa shape index (κ3) is 10.9. The minimum absolute atomic E-state index is 0.228. The van der Waals surface area contributed by atoms with Crippen molar-refractivity contribution in [2.75, 3.05) is 73.6 Å². The van der Waals surface area contributed by atoms with Crippen LogP contribution in [-0.2, 0) is 23.8 Å². The van der Waals surface area contributed by atoms with Crippen LogP contribution in [0, 0.1) is 0 Å². The fourth-order valence-electron chi connectivity index (χ4n) is 3.18. The van der Waals surface area contributed by atoms with E-state index in [9.17, 15) is 14.4 Å². The first-order chi connectivity index (χ1) is 18.0. The number of amides is 3. The summed E-state index contributed by atoms with van der Waals surface area (Å²) in [6.07, 6.45) is 5.62. The second-order valence-corrected chi connectivity index (χ2v) is 7.52. The predicted octanol–water partition coefficient (Wildman–Crippen LogP) is 1.73. The van der Waals surface area contributed by atoms with Crippen molar-refractivity contribution in [3.63, 3.8) is 0 Å². The Morgan fingerprint density at radius 1 is 0.973 bits per heavy atom. The number of benzene rings is 1. The molecule has 1 aliphatic rings. The van der Waals surface area contributed by atoms with Gasteiger partial charge in [0.05, 0.1) is 53.9 Å². The van der Waals surface area contributed by atoms with E-state index in [-0.39, 0.29) is 25.7 Å². The molecule has 0 spiro atoms. The van der Waals surface area contributed by atoms with Crippen LogP contribution in [0.2, 0.25) is 0 Å². The van der Waals surface area contributed by atoms with E-state index >= 15 is 0 Å². The molecule has 0 unspecified atom stereocenters. The quantitative estimate of drug-likeness (QED) is 0.229. The van der Waals surface area contributed by atoms with Crippen LogP contribution in [-0.4, -0.2) is 101 Å². The molecule has 0 aromatic heterocycles. The molecule has 0 atom stereocenters. The van der Waals surface area contributed by atoms with Gasteiger partial charge in [0, 0.05) is 19.2 Å². The number of hydrogen-bond acceptors (Lipinski definition) is 9. The van der Waals surface area contributed by atoms with E-state index in [1.807, 2.05) is 0 Å². The van der Waals surface area contributed by atoms with Crippen molar-refractivity contribution in [1.29, 1.82) is 0 Å². The molecule has 1 heterocycles. The Bertz CT molecular complexity index is 922. The lowest BCUT2D eigenvalue weighted by Crippen LogP contribution is -2.37. The first kappa shape index (κ1) is 29.6. The molecule has 12 nitrogen and oxygen atoms in total. The highest BCUT2D eigenvalue weighted by Crippen LogP contribution is 2.39. The molecule has 1 aromatic carbocycles. The maximum atomic E-state index is 12.4. The van der Waals surface area contributed by atoms with Crippen LogP contribution in [0.25, 0.3) is 6.08 Å². The topological polar surface area (TPSA) is 142 Å². The van der Waals surface area contributed by atoms with Crippen molar-refractivity contribution in [1.82, 2.24) is 10.2 Å². The number of imide groups is 1. The normalized spacial score (nSPS) is 13.1. The maximum Gasteiger partial charge on any atom is 0.404 e. The number of carbonyl (C=O) groups is 3. The van der Waals surface area contributed by atoms with Gasteiger partial charge in [-0.2, -0.15) is 0 Å². The van der Waals surface area contributed by atoms with E-state index in [0.29, 0.717) is 68.8 Å². The molecule has 2 rings (SSSR count). The molecule has 1 aromatic rings. The van der Waals surface area contributed by atoms with Crippen LogP contribution in [0.4, 0.5) is 4.79 Å². The molecule has 0 radical (unpaired) electrons. The highest BCUT2D eigenvalue weighted by atomic mass is 16.6. The SMILES string of the molecule is COc1cc(/C=C/C(=O)N2CCC=CC2=O)cc(OC)c1OCCOCCOCCOCCNC(=O)O. The number of ether oxygens (including phenoxy) is 6. The number of carboxylic acid groups (broad SMARTS) is 1. The average molecular weight is 523 g/mol. The summed E-state index contributed by atoms with van der Waals surface area (Å²) in [6, 6.07) is 3.40. The molecular weight excluding hydrogens is 488 g/mol. The highest BCUT2D eigenvalue weighted by Gasteiger charge is 2.19. The Labute approximate surface area is 215 Å². The lowest BCUT2D eigenvalue weighted by atomic mass is 10.1. The van der Waals surface area contributed by atoms with E-state index < -0.39 is 12.0 Å². The fraction of sp³-hybridized carbons (Fsp3) is 0.480. The van der Waals surface area contributed by atoms with Gasteiger partial charge < -0.3 is 38.8 Å². The number of carbonyl (C=O) groups excluding carboxylic acids is 2. The van der Waals surface area contributed by atoms with Crippen LogP contribution in [0.3, 0.4) is 0 Å². The Morgan fingerprint density at radius 2 is 1.57 bits per heavy atom. The van der Waals surface area contributed by atoms with Crippen LogP contribution in [0.5, 0.6) is 17.2 Å². The molecule has 37 heavy (non-hydrogen) atoms. The zero-order valence-electron chi connectivity index (χ0n) is 21.1. The van der Waals surface area contributed by atoms with E-state index in [0.717, 1.165) is 0 Å². The van der Waals surface area contributed by atoms with E-state index in [1.165, 1.54) is 31.3 Å². The Balaban J connectivity index is 1.73. The van der Waals surface area contributed by atoms with E-state index in [4.69, 9.17) is 33.5 Å². The van der Waals surface area contributed by atoms with Gasteiger partial charge in [-0.25, -0.2) is 4.79 Å². The van der Waals surface area contributed by atoms with Crippen molar-refractivity contribution in [2.24, 2.45) is 0 Å². The smallest absolute Gasteiger partial charge is 0.404 e. The summed E-state index contributed by atoms with van der Waals surface area (Å²) in [5.74, 6) is 0.523. The molecule has 0 aliphatic carbocycles. The minimum atomic E-state index is -1.08. The monoisotopic (exact) mass is 522 g/mol. The van der Waals surface area contributed by atoms with Gasteiger partial charge in [0.25, 0.3) is 11.8 Å². The van der Waals surface area contributed by atoms with Crippen molar-refractivity contribution in [3.8, 4) is 17.2 Å². The third-order valence-electron chi connectivity index (χ3n) is 4.95. The van der Waals surface area contributed by atoms with Crippen LogP contribution >= 0.6 is 0 Å². The molecule has 0 saturated carbocycles. The van der Waals surface area contributed by atoms with Gasteiger partial charge >= 0.3 is 6.09 Å². The maximum absolute atomic E-state index is 12.4. The van der Waals surface area contributed by atoms with Gasteiger partial charge in [0.2, 0.25) is 5.75 Å². The summed E-state index contributed by atoms with van der Waals surface area (Å²) < 4.78 is 32.8. The summed E-state index contributed by atoms with van der Waals surface area (Å²) in [7, 11) is 3.00. The van der Waals surface area contributed by atoms with Gasteiger partial charge in [-0.05, 0) is 36.3 Å². The number of nitrogens with one attached hydrogen (secondary N) is 1. The van der Waals surface area contributed by atoms with E-state index in [1.54, 1.807) is 24.3 Å². The minimum Gasteiger partial charge on any atom is -0.493 e. The van der Waals surface area contributed by atoms with Crippen LogP contribution in [0.1, 0.15) is 12.0 Å². The molecule has 3 amide bonds. The molecule has 0 fully saturated rings. The standard InChI is InChI=1S/C25H34N2O10/c1-32-20-17-19(6-7-23(29)27-9-4-3-5-22(27)28)18-21(33-2)24(20)37-16-15-36-14-13-35-12-11-34-10-8-26-25(30)31/h3,5-7,17-18,26H,4,8-16H2,1-2H3,(H,30,31)/b7-6+. The summed E-state index contributed by atoms with van der Waals surface area (Å²) in [5.41, 5.74) is 0.643. The second kappa shape index (κ2) is 17.0. The Hall–Kier alpha value is -3.61. The Kier molecular flexibility index (Phi) is 13.6. The predicted molar refractivity (Wildman–Crippen MR) is 133 cm³/mol. The Morgan fingerprint density at radius 3 is 2.14 bits per heavy atom. The van der Waals surface area contributed by atoms with Crippen molar-refractivity contribution in [3.05, 3.63) is 35.9 Å². The average Bonchev–Trinajstić information content (AvgIpc) is 2.89. The van der Waals surface area contributed by atoms with Gasteiger partial charge in [-0.1, -0.05) is 6.08 Å². The van der Waals surface area contributed by atoms with Gasteiger partial charge in [-0.3, -0.25) is 14.5 Å². The molecule has 204 valence electrons. The summed E-state index contributed by atoms with van der Waals surface area (Å²) >= 11 is 0. The summed E-state index contributed by atoms with van der Waals surface area (Å²) in [6.45, 7) is 2.89. The van der Waals surface area contributed by atoms with Gasteiger partial charge in [0.1, 0.15) is 6.61 Å². The number of nitrogens with zero attached hydrogens (tertiary/aromatic N) is 1. The lowest BCUT2D eigenvalue weighted by Gasteiger charge is -2.19. The third-order valence-corrected chi connectivity index (χ3v) is 4.95. The molecule has 2 N–H and O–H groups in total. The molecule has 0 saturated heterocycles. The first-order valence-corrected chi connectivity index (χ1v) is 11.7. The summed E-state index contributed by atoms with van der Waals surface area (Å²) in [4.78, 5) is 35.7. The first-order valence-electron chi connectivity index (χ1n) is 11.7. The largest absolute Gasteiger partial charge is 0.493 e. The fourth-order valence-corrected chi connectivity index (χ4v) is 3.18. The van der Waals surface area contributed by atoms with Crippen LogP contribution < -0.4 is 19.5 Å². The van der Waals surface area contributed by atoms with Crippen molar-refractivity contribution < 1.29 is 47.9 Å².